The number of amides is 2. The predicted octanol–water partition coefficient (Wildman–Crippen LogP) is 2.83. The maximum absolute atomic E-state index is 12.2. The quantitative estimate of drug-likeness (QED) is 0.452. The van der Waals surface area contributed by atoms with Gasteiger partial charge in [-0.05, 0) is 49.2 Å². The Morgan fingerprint density at radius 2 is 1.64 bits per heavy atom. The van der Waals surface area contributed by atoms with Gasteiger partial charge < -0.3 is 25.4 Å². The van der Waals surface area contributed by atoms with E-state index in [0.29, 0.717) is 19.4 Å². The molecule has 0 bridgehead atoms. The number of benzene rings is 2. The first-order chi connectivity index (χ1) is 15.9. The molecule has 2 amide bonds. The van der Waals surface area contributed by atoms with Gasteiger partial charge in [-0.25, -0.2) is 9.59 Å². The third-order valence-corrected chi connectivity index (χ3v) is 5.69. The summed E-state index contributed by atoms with van der Waals surface area (Å²) in [5.74, 6) is -1.42. The van der Waals surface area contributed by atoms with Gasteiger partial charge >= 0.3 is 12.1 Å². The van der Waals surface area contributed by atoms with Crippen molar-refractivity contribution in [3.05, 3.63) is 59.7 Å². The molecule has 0 fully saturated rings. The summed E-state index contributed by atoms with van der Waals surface area (Å²) < 4.78 is 5.46. The van der Waals surface area contributed by atoms with Gasteiger partial charge in [0, 0.05) is 25.4 Å². The van der Waals surface area contributed by atoms with E-state index in [9.17, 15) is 19.5 Å². The summed E-state index contributed by atoms with van der Waals surface area (Å²) in [4.78, 5) is 37.4. The number of carboxylic acid groups (broad SMARTS) is 1. The molecule has 8 nitrogen and oxygen atoms in total. The van der Waals surface area contributed by atoms with Crippen LogP contribution in [0.5, 0.6) is 0 Å². The van der Waals surface area contributed by atoms with Gasteiger partial charge in [0.15, 0.2) is 0 Å². The van der Waals surface area contributed by atoms with Crippen molar-refractivity contribution < 1.29 is 24.2 Å². The molecule has 1 unspecified atom stereocenters. The molecule has 33 heavy (non-hydrogen) atoms. The highest BCUT2D eigenvalue weighted by atomic mass is 16.5. The highest BCUT2D eigenvalue weighted by molar-refractivity contribution is 5.83. The summed E-state index contributed by atoms with van der Waals surface area (Å²) in [7, 11) is 3.69. The summed E-state index contributed by atoms with van der Waals surface area (Å²) in [5, 5.41) is 14.4. The summed E-state index contributed by atoms with van der Waals surface area (Å²) >= 11 is 0. The van der Waals surface area contributed by atoms with Crippen LogP contribution in [-0.4, -0.2) is 67.8 Å². The number of carbonyl (C=O) groups is 3. The highest BCUT2D eigenvalue weighted by Gasteiger charge is 2.29. The Bertz CT molecular complexity index is 946. The summed E-state index contributed by atoms with van der Waals surface area (Å²) in [5.41, 5.74) is 4.62. The molecule has 0 saturated heterocycles. The maximum Gasteiger partial charge on any atom is 0.407 e. The van der Waals surface area contributed by atoms with Gasteiger partial charge in [-0.2, -0.15) is 0 Å². The van der Waals surface area contributed by atoms with Crippen LogP contribution >= 0.6 is 0 Å². The van der Waals surface area contributed by atoms with E-state index in [2.05, 4.69) is 34.9 Å². The second kappa shape index (κ2) is 11.5. The number of alkyl carbamates (subject to hydrolysis) is 1. The standard InChI is InChI=1S/C25H31N3O5/c1-28(2)15-13-22(24(30)31)27-23(29)12-7-14-26-25(32)33-16-21-19-10-5-3-8-17(19)18-9-4-6-11-20(18)21/h3-6,8-11,21-22H,7,12-16H2,1-2H3,(H,26,32)(H,27,29)(H,30,31). The molecule has 1 atom stereocenters. The van der Waals surface area contributed by atoms with Crippen LogP contribution in [0, 0.1) is 0 Å². The molecule has 8 heteroatoms. The van der Waals surface area contributed by atoms with Crippen molar-refractivity contribution in [1.29, 1.82) is 0 Å². The lowest BCUT2D eigenvalue weighted by molar-refractivity contribution is -0.142. The van der Waals surface area contributed by atoms with Gasteiger partial charge in [-0.3, -0.25) is 4.79 Å². The van der Waals surface area contributed by atoms with Crippen LogP contribution in [0.15, 0.2) is 48.5 Å². The van der Waals surface area contributed by atoms with Crippen molar-refractivity contribution in [2.24, 2.45) is 0 Å². The number of nitrogens with zero attached hydrogens (tertiary/aromatic N) is 1. The first-order valence-corrected chi connectivity index (χ1v) is 11.1. The van der Waals surface area contributed by atoms with Crippen molar-refractivity contribution in [3.8, 4) is 11.1 Å². The van der Waals surface area contributed by atoms with Gasteiger partial charge in [0.25, 0.3) is 0 Å². The molecule has 3 rings (SSSR count). The molecular formula is C25H31N3O5. The lowest BCUT2D eigenvalue weighted by Crippen LogP contribution is -2.42. The van der Waals surface area contributed by atoms with Crippen molar-refractivity contribution >= 4 is 18.0 Å². The van der Waals surface area contributed by atoms with E-state index in [1.807, 2.05) is 43.3 Å². The Kier molecular flexibility index (Phi) is 8.43. The smallest absolute Gasteiger partial charge is 0.407 e. The fourth-order valence-corrected chi connectivity index (χ4v) is 4.00. The highest BCUT2D eigenvalue weighted by Crippen LogP contribution is 2.44. The van der Waals surface area contributed by atoms with Crippen molar-refractivity contribution in [2.75, 3.05) is 33.8 Å². The number of carboxylic acids is 1. The van der Waals surface area contributed by atoms with Gasteiger partial charge in [0.1, 0.15) is 12.6 Å². The second-order valence-electron chi connectivity index (χ2n) is 8.41. The van der Waals surface area contributed by atoms with Crippen molar-refractivity contribution in [2.45, 2.75) is 31.2 Å². The van der Waals surface area contributed by atoms with Crippen LogP contribution in [0.4, 0.5) is 4.79 Å². The van der Waals surface area contributed by atoms with Gasteiger partial charge in [-0.1, -0.05) is 48.5 Å². The number of rotatable bonds is 11. The van der Waals surface area contributed by atoms with Crippen LogP contribution in [0.1, 0.15) is 36.3 Å². The Balaban J connectivity index is 1.40. The SMILES string of the molecule is CN(C)CCC(NC(=O)CCCNC(=O)OCC1c2ccccc2-c2ccccc21)C(=O)O. The zero-order chi connectivity index (χ0) is 23.8. The fourth-order valence-electron chi connectivity index (χ4n) is 4.00. The molecule has 2 aromatic carbocycles. The van der Waals surface area contributed by atoms with E-state index in [0.717, 1.165) is 11.1 Å². The largest absolute Gasteiger partial charge is 0.480 e. The van der Waals surface area contributed by atoms with E-state index >= 15 is 0 Å². The van der Waals surface area contributed by atoms with E-state index in [1.54, 1.807) is 0 Å². The van der Waals surface area contributed by atoms with Crippen LogP contribution in [0.2, 0.25) is 0 Å². The topological polar surface area (TPSA) is 108 Å². The van der Waals surface area contributed by atoms with Crippen molar-refractivity contribution in [3.63, 3.8) is 0 Å². The fraction of sp³-hybridized carbons (Fsp3) is 0.400. The van der Waals surface area contributed by atoms with E-state index < -0.39 is 18.1 Å². The van der Waals surface area contributed by atoms with Crippen LogP contribution < -0.4 is 10.6 Å². The minimum atomic E-state index is -1.05. The molecule has 0 aromatic heterocycles. The number of carbonyl (C=O) groups excluding carboxylic acids is 2. The minimum Gasteiger partial charge on any atom is -0.480 e. The third-order valence-electron chi connectivity index (χ3n) is 5.69. The zero-order valence-electron chi connectivity index (χ0n) is 19.0. The first kappa shape index (κ1) is 24.3. The van der Waals surface area contributed by atoms with E-state index in [1.165, 1.54) is 11.1 Å². The monoisotopic (exact) mass is 453 g/mol. The number of ether oxygens (including phenoxy) is 1. The molecule has 1 aliphatic carbocycles. The Labute approximate surface area is 193 Å². The molecule has 176 valence electrons. The minimum absolute atomic E-state index is 0.0101. The zero-order valence-corrected chi connectivity index (χ0v) is 19.0. The lowest BCUT2D eigenvalue weighted by Gasteiger charge is -2.17. The summed E-state index contributed by atoms with van der Waals surface area (Å²) in [6, 6.07) is 15.3. The molecule has 0 saturated carbocycles. The van der Waals surface area contributed by atoms with Gasteiger partial charge in [0.05, 0.1) is 0 Å². The van der Waals surface area contributed by atoms with E-state index in [4.69, 9.17) is 4.74 Å². The normalized spacial score (nSPS) is 13.2. The molecule has 1 aliphatic rings. The number of hydrogen-bond acceptors (Lipinski definition) is 5. The first-order valence-electron chi connectivity index (χ1n) is 11.1. The van der Waals surface area contributed by atoms with Crippen molar-refractivity contribution in [1.82, 2.24) is 15.5 Å². The molecule has 0 radical (unpaired) electrons. The Hall–Kier alpha value is -3.39. The van der Waals surface area contributed by atoms with Gasteiger partial charge in [0.2, 0.25) is 5.91 Å². The van der Waals surface area contributed by atoms with Crippen LogP contribution in [0.25, 0.3) is 11.1 Å². The molecule has 2 aromatic rings. The molecule has 0 heterocycles. The average Bonchev–Trinajstić information content (AvgIpc) is 3.11. The molecular weight excluding hydrogens is 422 g/mol. The van der Waals surface area contributed by atoms with E-state index in [-0.39, 0.29) is 31.4 Å². The molecule has 0 aliphatic heterocycles. The maximum atomic E-state index is 12.2. The number of nitrogens with one attached hydrogen (secondary N) is 2. The Morgan fingerprint density at radius 1 is 1.03 bits per heavy atom. The average molecular weight is 454 g/mol. The van der Waals surface area contributed by atoms with Crippen LogP contribution in [-0.2, 0) is 14.3 Å². The molecule has 0 spiro atoms. The number of fused-ring (bicyclic) bond motifs is 3. The summed E-state index contributed by atoms with van der Waals surface area (Å²) in [6.07, 6.45) is 0.295. The second-order valence-corrected chi connectivity index (χ2v) is 8.41. The Morgan fingerprint density at radius 3 is 2.21 bits per heavy atom. The number of hydrogen-bond donors (Lipinski definition) is 3. The van der Waals surface area contributed by atoms with Gasteiger partial charge in [-0.15, -0.1) is 0 Å². The van der Waals surface area contributed by atoms with Crippen LogP contribution in [0.3, 0.4) is 0 Å². The number of aliphatic carboxylic acids is 1. The lowest BCUT2D eigenvalue weighted by atomic mass is 9.98. The summed E-state index contributed by atoms with van der Waals surface area (Å²) in [6.45, 7) is 1.05. The predicted molar refractivity (Wildman–Crippen MR) is 125 cm³/mol. The third kappa shape index (κ3) is 6.55. The molecule has 3 N–H and O–H groups in total.